The number of anilines is 1. The molecule has 37 heavy (non-hydrogen) atoms. The summed E-state index contributed by atoms with van der Waals surface area (Å²) in [5.41, 5.74) is 0.898. The third-order valence-corrected chi connectivity index (χ3v) is 8.41. The van der Waals surface area contributed by atoms with Crippen LogP contribution in [-0.2, 0) is 26.2 Å². The first-order valence-corrected chi connectivity index (χ1v) is 14.5. The van der Waals surface area contributed by atoms with E-state index in [1.807, 2.05) is 0 Å². The molecule has 200 valence electrons. The number of hydrogen-bond acceptors (Lipinski definition) is 6. The van der Waals surface area contributed by atoms with E-state index in [0.29, 0.717) is 27.1 Å². The van der Waals surface area contributed by atoms with E-state index in [-0.39, 0.29) is 31.0 Å². The van der Waals surface area contributed by atoms with Crippen LogP contribution in [0.3, 0.4) is 0 Å². The molecule has 4 rings (SSSR count). The number of ether oxygens (including phenoxy) is 2. The Balaban J connectivity index is 1.61. The van der Waals surface area contributed by atoms with E-state index in [9.17, 15) is 18.0 Å². The van der Waals surface area contributed by atoms with Gasteiger partial charge in [-0.25, -0.2) is 8.42 Å². The van der Waals surface area contributed by atoms with Gasteiger partial charge >= 0.3 is 0 Å². The van der Waals surface area contributed by atoms with E-state index in [0.717, 1.165) is 36.2 Å². The van der Waals surface area contributed by atoms with Gasteiger partial charge in [0.15, 0.2) is 11.5 Å². The minimum absolute atomic E-state index is 0.0294. The molecule has 1 heterocycles. The lowest BCUT2D eigenvalue weighted by Gasteiger charge is -2.32. The number of sulfonamides is 1. The van der Waals surface area contributed by atoms with Crippen LogP contribution in [0.2, 0.25) is 10.0 Å². The van der Waals surface area contributed by atoms with Crippen LogP contribution in [0, 0.1) is 0 Å². The van der Waals surface area contributed by atoms with E-state index in [4.69, 9.17) is 32.7 Å². The fourth-order valence-corrected chi connectivity index (χ4v) is 5.63. The summed E-state index contributed by atoms with van der Waals surface area (Å²) in [6.45, 7) is 1.18. The number of halogens is 2. The van der Waals surface area contributed by atoms with Gasteiger partial charge in [-0.1, -0.05) is 42.1 Å². The summed E-state index contributed by atoms with van der Waals surface area (Å²) in [5, 5.41) is 3.70. The van der Waals surface area contributed by atoms with E-state index < -0.39 is 28.5 Å². The summed E-state index contributed by atoms with van der Waals surface area (Å²) in [7, 11) is -3.86. The predicted molar refractivity (Wildman–Crippen MR) is 142 cm³/mol. The van der Waals surface area contributed by atoms with E-state index in [2.05, 4.69) is 5.32 Å². The van der Waals surface area contributed by atoms with Gasteiger partial charge < -0.3 is 19.7 Å². The minimum Gasteiger partial charge on any atom is -0.454 e. The Labute approximate surface area is 226 Å². The first kappa shape index (κ1) is 27.3. The molecule has 0 saturated heterocycles. The van der Waals surface area contributed by atoms with Gasteiger partial charge in [0.25, 0.3) is 0 Å². The Morgan fingerprint density at radius 2 is 1.76 bits per heavy atom. The van der Waals surface area contributed by atoms with Crippen molar-refractivity contribution in [1.29, 1.82) is 0 Å². The first-order chi connectivity index (χ1) is 17.5. The Hall–Kier alpha value is -2.69. The van der Waals surface area contributed by atoms with Crippen molar-refractivity contribution in [3.05, 3.63) is 52.0 Å². The van der Waals surface area contributed by atoms with Crippen molar-refractivity contribution < 1.29 is 27.5 Å². The number of carbonyl (C=O) groups excluding carboxylic acids is 2. The maximum atomic E-state index is 13.7. The standard InChI is InChI=1S/C25H29Cl2N3O6S/c1-16(25(32)28-18-5-3-4-6-18)29(13-17-7-9-20(26)21(27)11-17)24(31)14-30(37(2,33)34)19-8-10-22-23(12-19)36-15-35-22/h7-12,16,18H,3-6,13-15H2,1-2H3,(H,28,32)/t16-/m0/s1. The Morgan fingerprint density at radius 1 is 1.05 bits per heavy atom. The maximum absolute atomic E-state index is 13.7. The van der Waals surface area contributed by atoms with Crippen molar-refractivity contribution in [2.75, 3.05) is 23.9 Å². The lowest BCUT2D eigenvalue weighted by molar-refractivity contribution is -0.139. The van der Waals surface area contributed by atoms with Crippen LogP contribution in [0.4, 0.5) is 5.69 Å². The topological polar surface area (TPSA) is 105 Å². The van der Waals surface area contributed by atoms with E-state index in [1.54, 1.807) is 37.3 Å². The van der Waals surface area contributed by atoms with Crippen LogP contribution in [-0.4, -0.2) is 56.8 Å². The number of fused-ring (bicyclic) bond motifs is 1. The molecule has 1 N–H and O–H groups in total. The smallest absolute Gasteiger partial charge is 0.244 e. The van der Waals surface area contributed by atoms with Gasteiger partial charge in [-0.05, 0) is 49.6 Å². The molecule has 1 aliphatic carbocycles. The van der Waals surface area contributed by atoms with Gasteiger partial charge in [0.05, 0.1) is 22.0 Å². The molecule has 0 bridgehead atoms. The van der Waals surface area contributed by atoms with E-state index >= 15 is 0 Å². The minimum atomic E-state index is -3.86. The fourth-order valence-electron chi connectivity index (χ4n) is 4.46. The second kappa shape index (κ2) is 11.4. The summed E-state index contributed by atoms with van der Waals surface area (Å²) >= 11 is 12.2. The summed E-state index contributed by atoms with van der Waals surface area (Å²) in [5.74, 6) is 0.0232. The van der Waals surface area contributed by atoms with Crippen molar-refractivity contribution in [2.45, 2.75) is 51.2 Å². The highest BCUT2D eigenvalue weighted by molar-refractivity contribution is 7.92. The molecule has 0 unspecified atom stereocenters. The second-order valence-electron chi connectivity index (χ2n) is 9.24. The number of hydrogen-bond donors (Lipinski definition) is 1. The molecular formula is C25H29Cl2N3O6S. The Morgan fingerprint density at radius 3 is 2.43 bits per heavy atom. The zero-order valence-electron chi connectivity index (χ0n) is 20.6. The van der Waals surface area contributed by atoms with Crippen molar-refractivity contribution >= 4 is 50.7 Å². The van der Waals surface area contributed by atoms with Gasteiger partial charge in [-0.15, -0.1) is 0 Å². The molecule has 2 aromatic rings. The summed E-state index contributed by atoms with van der Waals surface area (Å²) in [6.07, 6.45) is 4.90. The SMILES string of the molecule is C[C@@H](C(=O)NC1CCCC1)N(Cc1ccc(Cl)c(Cl)c1)C(=O)CN(c1ccc2c(c1)OCO2)S(C)(=O)=O. The number of amides is 2. The number of nitrogens with zero attached hydrogens (tertiary/aromatic N) is 2. The van der Waals surface area contributed by atoms with Crippen LogP contribution in [0.25, 0.3) is 0 Å². The molecule has 1 atom stereocenters. The molecule has 2 amide bonds. The quantitative estimate of drug-likeness (QED) is 0.490. The van der Waals surface area contributed by atoms with Crippen molar-refractivity contribution in [3.63, 3.8) is 0 Å². The molecule has 1 aliphatic heterocycles. The number of rotatable bonds is 9. The van der Waals surface area contributed by atoms with Crippen molar-refractivity contribution in [2.24, 2.45) is 0 Å². The van der Waals surface area contributed by atoms with Crippen LogP contribution >= 0.6 is 23.2 Å². The van der Waals surface area contributed by atoms with Crippen LogP contribution in [0.5, 0.6) is 11.5 Å². The summed E-state index contributed by atoms with van der Waals surface area (Å²) in [6, 6.07) is 8.79. The zero-order valence-corrected chi connectivity index (χ0v) is 22.9. The molecule has 2 aromatic carbocycles. The Bertz CT molecular complexity index is 1280. The molecule has 0 radical (unpaired) electrons. The molecule has 1 fully saturated rings. The summed E-state index contributed by atoms with van der Waals surface area (Å²) in [4.78, 5) is 28.2. The van der Waals surface area contributed by atoms with Crippen LogP contribution in [0.1, 0.15) is 38.2 Å². The van der Waals surface area contributed by atoms with Gasteiger partial charge in [-0.3, -0.25) is 13.9 Å². The number of nitrogens with one attached hydrogen (secondary N) is 1. The lowest BCUT2D eigenvalue weighted by atomic mass is 10.1. The predicted octanol–water partition coefficient (Wildman–Crippen LogP) is 3.96. The normalized spacial score (nSPS) is 15.9. The average Bonchev–Trinajstić information content (AvgIpc) is 3.53. The van der Waals surface area contributed by atoms with E-state index in [1.165, 1.54) is 11.0 Å². The lowest BCUT2D eigenvalue weighted by Crippen LogP contribution is -2.52. The highest BCUT2D eigenvalue weighted by Gasteiger charge is 2.32. The molecule has 2 aliphatic rings. The van der Waals surface area contributed by atoms with Gasteiger partial charge in [0, 0.05) is 18.7 Å². The van der Waals surface area contributed by atoms with Crippen LogP contribution in [0.15, 0.2) is 36.4 Å². The zero-order chi connectivity index (χ0) is 26.7. The number of benzene rings is 2. The molecular weight excluding hydrogens is 541 g/mol. The Kier molecular flexibility index (Phi) is 8.40. The van der Waals surface area contributed by atoms with Crippen molar-refractivity contribution in [1.82, 2.24) is 10.2 Å². The van der Waals surface area contributed by atoms with Crippen LogP contribution < -0.4 is 19.1 Å². The van der Waals surface area contributed by atoms with Gasteiger partial charge in [0.1, 0.15) is 12.6 Å². The molecule has 1 saturated carbocycles. The fraction of sp³-hybridized carbons (Fsp3) is 0.440. The van der Waals surface area contributed by atoms with Crippen molar-refractivity contribution in [3.8, 4) is 11.5 Å². The molecule has 9 nitrogen and oxygen atoms in total. The highest BCUT2D eigenvalue weighted by Crippen LogP contribution is 2.36. The third kappa shape index (κ3) is 6.61. The number of carbonyl (C=O) groups is 2. The average molecular weight is 570 g/mol. The molecule has 12 heteroatoms. The maximum Gasteiger partial charge on any atom is 0.244 e. The third-order valence-electron chi connectivity index (χ3n) is 6.53. The van der Waals surface area contributed by atoms with Gasteiger partial charge in [-0.2, -0.15) is 0 Å². The molecule has 0 aromatic heterocycles. The van der Waals surface area contributed by atoms with Gasteiger partial charge in [0.2, 0.25) is 28.6 Å². The second-order valence-corrected chi connectivity index (χ2v) is 12.0. The molecule has 0 spiro atoms. The summed E-state index contributed by atoms with van der Waals surface area (Å²) < 4.78 is 37.1. The highest BCUT2D eigenvalue weighted by atomic mass is 35.5. The largest absolute Gasteiger partial charge is 0.454 e. The monoisotopic (exact) mass is 569 g/mol. The first-order valence-electron chi connectivity index (χ1n) is 11.9.